The molecule has 1 aromatic heterocycles. The highest BCUT2D eigenvalue weighted by atomic mass is 19.1. The smallest absolute Gasteiger partial charge is 0.123 e. The number of aryl methyl sites for hydroxylation is 1. The third-order valence-electron chi connectivity index (χ3n) is 7.15. The molecule has 1 fully saturated rings. The molecule has 0 unspecified atom stereocenters. The summed E-state index contributed by atoms with van der Waals surface area (Å²) in [7, 11) is 0. The molecule has 0 amide bonds. The molecular formula is C36H42FN3. The van der Waals surface area contributed by atoms with E-state index in [0.29, 0.717) is 6.42 Å². The molecule has 0 saturated carbocycles. The highest BCUT2D eigenvalue weighted by Crippen LogP contribution is 2.30. The topological polar surface area (TPSA) is 28.2 Å². The molecule has 2 heterocycles. The number of aromatic nitrogens is 1. The van der Waals surface area contributed by atoms with Gasteiger partial charge in [0.15, 0.2) is 0 Å². The van der Waals surface area contributed by atoms with Gasteiger partial charge in [-0.05, 0) is 97.7 Å². The van der Waals surface area contributed by atoms with Crippen molar-refractivity contribution in [1.29, 1.82) is 0 Å². The lowest BCUT2D eigenvalue weighted by atomic mass is 9.95. The summed E-state index contributed by atoms with van der Waals surface area (Å²) >= 11 is 0. The van der Waals surface area contributed by atoms with E-state index < -0.39 is 0 Å². The van der Waals surface area contributed by atoms with E-state index in [4.69, 9.17) is 0 Å². The fourth-order valence-corrected chi connectivity index (χ4v) is 4.79. The van der Waals surface area contributed by atoms with Crippen LogP contribution in [0.1, 0.15) is 50.3 Å². The molecule has 40 heavy (non-hydrogen) atoms. The predicted molar refractivity (Wildman–Crippen MR) is 171 cm³/mol. The molecule has 2 aromatic carbocycles. The third-order valence-corrected chi connectivity index (χ3v) is 7.15. The Labute approximate surface area is 240 Å². The first kappa shape index (κ1) is 30.4. The summed E-state index contributed by atoms with van der Waals surface area (Å²) in [5.41, 5.74) is 10.00. The molecule has 0 spiro atoms. The fraction of sp³-hybridized carbons (Fsp3) is 0.250. The molecule has 3 aromatic rings. The van der Waals surface area contributed by atoms with Crippen molar-refractivity contribution in [3.8, 4) is 11.1 Å². The SMILES string of the molecule is C.C=C(/C=C\C(=C/C)NC(=C)C(=C)c1cc(-c2cncc(N3CCCCC3)c2)ccc1C)Cc1ccc(F)cc1. The van der Waals surface area contributed by atoms with Crippen molar-refractivity contribution in [3.63, 3.8) is 0 Å². The van der Waals surface area contributed by atoms with E-state index in [1.807, 2.05) is 37.5 Å². The minimum atomic E-state index is -0.234. The van der Waals surface area contributed by atoms with Crippen LogP contribution in [0.3, 0.4) is 0 Å². The zero-order chi connectivity index (χ0) is 27.8. The maximum atomic E-state index is 13.2. The number of hydrogen-bond donors (Lipinski definition) is 1. The zero-order valence-electron chi connectivity index (χ0n) is 23.1. The molecule has 1 N–H and O–H groups in total. The molecule has 0 radical (unpaired) electrons. The first-order valence-corrected chi connectivity index (χ1v) is 13.6. The standard InChI is InChI=1S/C35H38FN3.CH4/c1-6-33(17-10-25(2)20-29-12-15-32(36)16-13-29)38-28(5)27(4)35-22-30(14-11-26(35)3)31-21-34(24-37-23-31)39-18-8-7-9-19-39;/h6,10-17,21-24,38H,2,4-5,7-9,18-20H2,1,3H3;1H4/b17-10-,33-6+;. The van der Waals surface area contributed by atoms with Crippen LogP contribution in [-0.2, 0) is 6.42 Å². The summed E-state index contributed by atoms with van der Waals surface area (Å²) in [6.07, 6.45) is 14.3. The Hall–Kier alpha value is -4.18. The Bertz CT molecular complexity index is 1410. The van der Waals surface area contributed by atoms with Gasteiger partial charge in [0.05, 0.1) is 11.9 Å². The first-order chi connectivity index (χ1) is 18.8. The van der Waals surface area contributed by atoms with E-state index in [1.54, 1.807) is 12.1 Å². The third kappa shape index (κ3) is 7.92. The summed E-state index contributed by atoms with van der Waals surface area (Å²) in [5.74, 6) is -0.234. The van der Waals surface area contributed by atoms with Crippen molar-refractivity contribution in [3.05, 3.63) is 138 Å². The predicted octanol–water partition coefficient (Wildman–Crippen LogP) is 9.20. The number of allylic oxidation sites excluding steroid dienone is 5. The van der Waals surface area contributed by atoms with E-state index in [1.165, 1.54) is 37.1 Å². The van der Waals surface area contributed by atoms with Crippen molar-refractivity contribution in [2.24, 2.45) is 0 Å². The van der Waals surface area contributed by atoms with Gasteiger partial charge in [-0.2, -0.15) is 0 Å². The second-order valence-electron chi connectivity index (χ2n) is 10.1. The summed E-state index contributed by atoms with van der Waals surface area (Å²) < 4.78 is 13.2. The minimum Gasteiger partial charge on any atom is -0.370 e. The van der Waals surface area contributed by atoms with Crippen molar-refractivity contribution >= 4 is 11.3 Å². The van der Waals surface area contributed by atoms with Crippen molar-refractivity contribution in [2.45, 2.75) is 47.0 Å². The molecule has 1 saturated heterocycles. The van der Waals surface area contributed by atoms with Crippen LogP contribution >= 0.6 is 0 Å². The van der Waals surface area contributed by atoms with E-state index in [-0.39, 0.29) is 13.2 Å². The van der Waals surface area contributed by atoms with Crippen LogP contribution < -0.4 is 10.2 Å². The van der Waals surface area contributed by atoms with Crippen LogP contribution in [0.15, 0.2) is 116 Å². The average molecular weight is 536 g/mol. The van der Waals surface area contributed by atoms with E-state index in [2.05, 4.69) is 66.1 Å². The number of rotatable bonds is 10. The van der Waals surface area contributed by atoms with Gasteiger partial charge in [-0.1, -0.05) is 69.2 Å². The van der Waals surface area contributed by atoms with Gasteiger partial charge in [0.25, 0.3) is 0 Å². The second kappa shape index (κ2) is 14.3. The number of nitrogens with zero attached hydrogens (tertiary/aromatic N) is 2. The van der Waals surface area contributed by atoms with Crippen LogP contribution in [0.5, 0.6) is 0 Å². The number of anilines is 1. The molecule has 1 aliphatic rings. The number of halogens is 1. The van der Waals surface area contributed by atoms with Crippen molar-refractivity contribution < 1.29 is 4.39 Å². The molecule has 1 aliphatic heterocycles. The lowest BCUT2D eigenvalue weighted by Gasteiger charge is -2.28. The Morgan fingerprint density at radius 2 is 1.68 bits per heavy atom. The van der Waals surface area contributed by atoms with Crippen LogP contribution in [0.25, 0.3) is 16.7 Å². The first-order valence-electron chi connectivity index (χ1n) is 13.6. The van der Waals surface area contributed by atoms with Crippen LogP contribution in [-0.4, -0.2) is 18.1 Å². The monoisotopic (exact) mass is 535 g/mol. The Kier molecular flexibility index (Phi) is 10.8. The van der Waals surface area contributed by atoms with Crippen LogP contribution in [0, 0.1) is 12.7 Å². The normalized spacial score (nSPS) is 13.6. The summed E-state index contributed by atoms with van der Waals surface area (Å²) in [6, 6.07) is 15.2. The molecule has 0 aliphatic carbocycles. The minimum absolute atomic E-state index is 0. The summed E-state index contributed by atoms with van der Waals surface area (Å²) in [4.78, 5) is 6.98. The lowest BCUT2D eigenvalue weighted by Crippen LogP contribution is -2.29. The van der Waals surface area contributed by atoms with Gasteiger partial charge in [0.2, 0.25) is 0 Å². The van der Waals surface area contributed by atoms with E-state index in [0.717, 1.165) is 63.4 Å². The lowest BCUT2D eigenvalue weighted by molar-refractivity contribution is 0.577. The van der Waals surface area contributed by atoms with Gasteiger partial charge in [0, 0.05) is 36.2 Å². The van der Waals surface area contributed by atoms with Gasteiger partial charge in [-0.25, -0.2) is 4.39 Å². The number of pyridine rings is 1. The second-order valence-corrected chi connectivity index (χ2v) is 10.1. The van der Waals surface area contributed by atoms with Gasteiger partial charge in [0.1, 0.15) is 5.82 Å². The molecule has 4 heteroatoms. The molecule has 0 atom stereocenters. The van der Waals surface area contributed by atoms with Gasteiger partial charge in [-0.3, -0.25) is 4.98 Å². The highest BCUT2D eigenvalue weighted by Gasteiger charge is 2.14. The van der Waals surface area contributed by atoms with Gasteiger partial charge in [-0.15, -0.1) is 0 Å². The zero-order valence-corrected chi connectivity index (χ0v) is 23.1. The quantitative estimate of drug-likeness (QED) is 0.262. The van der Waals surface area contributed by atoms with E-state index >= 15 is 0 Å². The highest BCUT2D eigenvalue weighted by molar-refractivity contribution is 5.81. The molecule has 0 bridgehead atoms. The van der Waals surface area contributed by atoms with Crippen molar-refractivity contribution in [1.82, 2.24) is 10.3 Å². The number of piperidine rings is 1. The Morgan fingerprint density at radius 3 is 2.38 bits per heavy atom. The van der Waals surface area contributed by atoms with Crippen LogP contribution in [0.4, 0.5) is 10.1 Å². The average Bonchev–Trinajstić information content (AvgIpc) is 2.96. The molecule has 208 valence electrons. The molecule has 4 rings (SSSR count). The summed E-state index contributed by atoms with van der Waals surface area (Å²) in [5, 5.41) is 3.40. The molecule has 3 nitrogen and oxygen atoms in total. The fourth-order valence-electron chi connectivity index (χ4n) is 4.79. The number of nitrogens with one attached hydrogen (secondary N) is 1. The molecular weight excluding hydrogens is 493 g/mol. The number of benzene rings is 2. The Morgan fingerprint density at radius 1 is 0.950 bits per heavy atom. The van der Waals surface area contributed by atoms with Crippen molar-refractivity contribution in [2.75, 3.05) is 18.0 Å². The van der Waals surface area contributed by atoms with Gasteiger partial charge < -0.3 is 10.2 Å². The van der Waals surface area contributed by atoms with Crippen LogP contribution in [0.2, 0.25) is 0 Å². The maximum Gasteiger partial charge on any atom is 0.123 e. The maximum absolute atomic E-state index is 13.2. The summed E-state index contributed by atoms with van der Waals surface area (Å²) in [6.45, 7) is 19.0. The number of hydrogen-bond acceptors (Lipinski definition) is 3. The Balaban J connectivity index is 0.00000441. The van der Waals surface area contributed by atoms with Gasteiger partial charge >= 0.3 is 0 Å². The largest absolute Gasteiger partial charge is 0.370 e. The van der Waals surface area contributed by atoms with E-state index in [9.17, 15) is 4.39 Å².